The Morgan fingerprint density at radius 3 is 2.81 bits per heavy atom. The van der Waals surface area contributed by atoms with Crippen LogP contribution in [0, 0.1) is 0 Å². The van der Waals surface area contributed by atoms with Crippen LogP contribution in [0.25, 0.3) is 11.2 Å². The third-order valence-electron chi connectivity index (χ3n) is 3.34. The maximum atomic E-state index is 12.0. The molecule has 0 unspecified atom stereocenters. The topological polar surface area (TPSA) is 113 Å². The van der Waals surface area contributed by atoms with Gasteiger partial charge in [0.2, 0.25) is 5.95 Å². The minimum Gasteiger partial charge on any atom is -0.355 e. The van der Waals surface area contributed by atoms with E-state index in [0.717, 1.165) is 16.7 Å². The van der Waals surface area contributed by atoms with Crippen LogP contribution in [0.15, 0.2) is 22.1 Å². The largest absolute Gasteiger partial charge is 0.355 e. The summed E-state index contributed by atoms with van der Waals surface area (Å²) in [5.74, 6) is 0.461. The summed E-state index contributed by atoms with van der Waals surface area (Å²) in [6, 6.07) is 0. The molecule has 0 aliphatic rings. The number of fused-ring (bicyclic) bond motifs is 1. The number of hydrogen-bond donors (Lipinski definition) is 3. The van der Waals surface area contributed by atoms with Gasteiger partial charge in [0, 0.05) is 39.0 Å². The average molecular weight is 289 g/mol. The lowest BCUT2D eigenvalue weighted by Crippen LogP contribution is -2.36. The fourth-order valence-corrected chi connectivity index (χ4v) is 2.15. The molecule has 0 bridgehead atoms. The van der Waals surface area contributed by atoms with Gasteiger partial charge in [0.05, 0.1) is 6.33 Å². The van der Waals surface area contributed by atoms with E-state index in [1.54, 1.807) is 19.6 Å². The van der Waals surface area contributed by atoms with Crippen molar-refractivity contribution < 1.29 is 0 Å². The van der Waals surface area contributed by atoms with E-state index in [-0.39, 0.29) is 5.56 Å². The van der Waals surface area contributed by atoms with Crippen molar-refractivity contribution in [3.05, 3.63) is 39.1 Å². The van der Waals surface area contributed by atoms with Gasteiger partial charge in [-0.05, 0) is 0 Å². The molecule has 0 spiro atoms. The third-order valence-corrected chi connectivity index (χ3v) is 3.34. The molecule has 3 rings (SSSR count). The third kappa shape index (κ3) is 2.22. The lowest BCUT2D eigenvalue weighted by molar-refractivity contribution is 0.709. The van der Waals surface area contributed by atoms with Crippen molar-refractivity contribution in [2.75, 3.05) is 11.9 Å². The fraction of sp³-hybridized carbons (Fsp3) is 0.333. The van der Waals surface area contributed by atoms with Crippen molar-refractivity contribution in [1.29, 1.82) is 0 Å². The van der Waals surface area contributed by atoms with Crippen LogP contribution in [-0.2, 0) is 20.5 Å². The Kier molecular flexibility index (Phi) is 3.09. The highest BCUT2D eigenvalue weighted by Crippen LogP contribution is 2.08. The standard InChI is InChI=1S/C12H15N7O2/c1-18-9-8(10(20)19(2)12(18)21)16-11(17-9)14-4-3-7-5-13-6-15-7/h5-6H,3-4H2,1-2H3,(H,13,15)(H2,14,16,17). The van der Waals surface area contributed by atoms with Crippen LogP contribution in [0.5, 0.6) is 0 Å². The molecule has 0 radical (unpaired) electrons. The van der Waals surface area contributed by atoms with Gasteiger partial charge in [-0.1, -0.05) is 0 Å². The molecular formula is C12H15N7O2. The predicted octanol–water partition coefficient (Wildman–Crippen LogP) is -0.662. The Labute approximate surface area is 118 Å². The Morgan fingerprint density at radius 2 is 2.10 bits per heavy atom. The Hall–Kier alpha value is -2.84. The van der Waals surface area contributed by atoms with E-state index >= 15 is 0 Å². The first-order valence-corrected chi connectivity index (χ1v) is 6.45. The molecule has 3 aromatic rings. The van der Waals surface area contributed by atoms with Crippen LogP contribution in [-0.4, -0.2) is 35.6 Å². The zero-order valence-corrected chi connectivity index (χ0v) is 11.7. The summed E-state index contributed by atoms with van der Waals surface area (Å²) in [6.45, 7) is 0.621. The van der Waals surface area contributed by atoms with Crippen LogP contribution in [0.4, 0.5) is 5.95 Å². The normalized spacial score (nSPS) is 11.1. The summed E-state index contributed by atoms with van der Waals surface area (Å²) in [7, 11) is 3.02. The summed E-state index contributed by atoms with van der Waals surface area (Å²) in [5, 5.41) is 3.09. The van der Waals surface area contributed by atoms with E-state index in [1.807, 2.05) is 0 Å². The van der Waals surface area contributed by atoms with Gasteiger partial charge >= 0.3 is 5.69 Å². The molecule has 0 fully saturated rings. The highest BCUT2D eigenvalue weighted by atomic mass is 16.2. The highest BCUT2D eigenvalue weighted by Gasteiger charge is 2.12. The van der Waals surface area contributed by atoms with Gasteiger partial charge in [-0.3, -0.25) is 13.9 Å². The number of nitrogens with zero attached hydrogens (tertiary/aromatic N) is 4. The van der Waals surface area contributed by atoms with Crippen molar-refractivity contribution >= 4 is 17.1 Å². The lowest BCUT2D eigenvalue weighted by atomic mass is 10.3. The highest BCUT2D eigenvalue weighted by molar-refractivity contribution is 5.72. The molecule has 3 N–H and O–H groups in total. The SMILES string of the molecule is Cn1c(=O)c2[nH]c(NCCc3cnc[nH]3)nc2n(C)c1=O. The van der Waals surface area contributed by atoms with Crippen LogP contribution < -0.4 is 16.6 Å². The second-order valence-electron chi connectivity index (χ2n) is 4.74. The van der Waals surface area contributed by atoms with E-state index in [1.165, 1.54) is 11.6 Å². The second kappa shape index (κ2) is 4.93. The summed E-state index contributed by atoms with van der Waals surface area (Å²) in [4.78, 5) is 37.9. The first-order chi connectivity index (χ1) is 10.1. The van der Waals surface area contributed by atoms with Crippen molar-refractivity contribution in [1.82, 2.24) is 29.1 Å². The van der Waals surface area contributed by atoms with Gasteiger partial charge in [0.25, 0.3) is 5.56 Å². The number of anilines is 1. The molecule has 0 saturated heterocycles. The van der Waals surface area contributed by atoms with E-state index < -0.39 is 5.69 Å². The van der Waals surface area contributed by atoms with Crippen LogP contribution in [0.3, 0.4) is 0 Å². The van der Waals surface area contributed by atoms with E-state index in [4.69, 9.17) is 0 Å². The molecule has 9 heteroatoms. The monoisotopic (exact) mass is 289 g/mol. The number of hydrogen-bond acceptors (Lipinski definition) is 5. The molecule has 3 heterocycles. The van der Waals surface area contributed by atoms with Crippen LogP contribution >= 0.6 is 0 Å². The number of aryl methyl sites for hydroxylation is 1. The van der Waals surface area contributed by atoms with Crippen molar-refractivity contribution in [3.8, 4) is 0 Å². The molecule has 3 aromatic heterocycles. The van der Waals surface area contributed by atoms with E-state index in [0.29, 0.717) is 23.7 Å². The minimum atomic E-state index is -0.400. The summed E-state index contributed by atoms with van der Waals surface area (Å²) >= 11 is 0. The molecule has 0 amide bonds. The quantitative estimate of drug-likeness (QED) is 0.590. The average Bonchev–Trinajstić information content (AvgIpc) is 3.12. The van der Waals surface area contributed by atoms with Gasteiger partial charge in [0.15, 0.2) is 11.2 Å². The van der Waals surface area contributed by atoms with Crippen molar-refractivity contribution in [2.45, 2.75) is 6.42 Å². The second-order valence-corrected chi connectivity index (χ2v) is 4.74. The van der Waals surface area contributed by atoms with Crippen molar-refractivity contribution in [3.63, 3.8) is 0 Å². The summed E-state index contributed by atoms with van der Waals surface area (Å²) < 4.78 is 2.39. The zero-order valence-electron chi connectivity index (χ0n) is 11.7. The molecule has 0 aromatic carbocycles. The number of aromatic nitrogens is 6. The molecular weight excluding hydrogens is 274 g/mol. The lowest BCUT2D eigenvalue weighted by Gasteiger charge is -2.00. The van der Waals surface area contributed by atoms with Gasteiger partial charge in [-0.15, -0.1) is 0 Å². The maximum absolute atomic E-state index is 12.0. The Balaban J connectivity index is 1.88. The first kappa shape index (κ1) is 13.2. The van der Waals surface area contributed by atoms with Gasteiger partial charge in [0.1, 0.15) is 0 Å². The van der Waals surface area contributed by atoms with E-state index in [9.17, 15) is 9.59 Å². The fourth-order valence-electron chi connectivity index (χ4n) is 2.15. The number of aromatic amines is 2. The number of rotatable bonds is 4. The molecule has 0 saturated carbocycles. The molecule has 0 aliphatic heterocycles. The first-order valence-electron chi connectivity index (χ1n) is 6.45. The number of H-pyrrole nitrogens is 2. The predicted molar refractivity (Wildman–Crippen MR) is 77.4 cm³/mol. The smallest absolute Gasteiger partial charge is 0.332 e. The summed E-state index contributed by atoms with van der Waals surface area (Å²) in [5.41, 5.74) is 0.864. The molecule has 9 nitrogen and oxygen atoms in total. The van der Waals surface area contributed by atoms with Crippen LogP contribution in [0.2, 0.25) is 0 Å². The Bertz CT molecular complexity index is 885. The number of nitrogens with one attached hydrogen (secondary N) is 3. The minimum absolute atomic E-state index is 0.309. The molecule has 0 atom stereocenters. The van der Waals surface area contributed by atoms with Gasteiger partial charge in [-0.2, -0.15) is 4.98 Å². The Morgan fingerprint density at radius 1 is 1.29 bits per heavy atom. The van der Waals surface area contributed by atoms with Gasteiger partial charge in [-0.25, -0.2) is 9.78 Å². The van der Waals surface area contributed by atoms with Gasteiger partial charge < -0.3 is 15.3 Å². The summed E-state index contributed by atoms with van der Waals surface area (Å²) in [6.07, 6.45) is 4.11. The van der Waals surface area contributed by atoms with E-state index in [2.05, 4.69) is 25.3 Å². The molecule has 110 valence electrons. The van der Waals surface area contributed by atoms with Crippen molar-refractivity contribution in [2.24, 2.45) is 14.1 Å². The maximum Gasteiger partial charge on any atom is 0.332 e. The molecule has 0 aliphatic carbocycles. The molecule has 21 heavy (non-hydrogen) atoms. The zero-order chi connectivity index (χ0) is 15.0. The number of imidazole rings is 2. The van der Waals surface area contributed by atoms with Crippen LogP contribution in [0.1, 0.15) is 5.69 Å².